The number of aliphatic carboxylic acids is 1. The molecule has 0 spiro atoms. The number of hydrogen-bond acceptors (Lipinski definition) is 6. The molecule has 0 heterocycles. The summed E-state index contributed by atoms with van der Waals surface area (Å²) in [6.45, 7) is 6.84. The molecule has 0 fully saturated rings. The summed E-state index contributed by atoms with van der Waals surface area (Å²) < 4.78 is 0. The zero-order valence-corrected chi connectivity index (χ0v) is 18.0. The van der Waals surface area contributed by atoms with Crippen LogP contribution in [0.3, 0.4) is 0 Å². The van der Waals surface area contributed by atoms with Gasteiger partial charge in [0.05, 0.1) is 6.04 Å². The maximum atomic E-state index is 12.4. The number of carbonyl (C=O) groups excluding carboxylic acids is 3. The lowest BCUT2D eigenvalue weighted by atomic mass is 10.0. The third-order valence-corrected chi connectivity index (χ3v) is 4.13. The van der Waals surface area contributed by atoms with Gasteiger partial charge in [-0.3, -0.25) is 24.2 Å². The number of carboxylic acids is 1. The van der Waals surface area contributed by atoms with Crippen molar-refractivity contribution in [2.24, 2.45) is 28.1 Å². The van der Waals surface area contributed by atoms with E-state index in [1.165, 1.54) is 13.8 Å². The topological polar surface area (TPSA) is 215 Å². The number of rotatable bonds is 13. The zero-order chi connectivity index (χ0) is 23.4. The molecule has 0 aromatic rings. The predicted molar refractivity (Wildman–Crippen MR) is 112 cm³/mol. The molecule has 0 aliphatic heterocycles. The first-order valence-corrected chi connectivity index (χ1v) is 9.80. The maximum absolute atomic E-state index is 12.4. The minimum Gasteiger partial charge on any atom is -0.480 e. The summed E-state index contributed by atoms with van der Waals surface area (Å²) >= 11 is 0. The molecule has 4 unspecified atom stereocenters. The van der Waals surface area contributed by atoms with E-state index >= 15 is 0 Å². The second-order valence-electron chi connectivity index (χ2n) is 7.54. The van der Waals surface area contributed by atoms with Crippen LogP contribution in [0.5, 0.6) is 0 Å². The molecule has 10 N–H and O–H groups in total. The Morgan fingerprint density at radius 2 is 1.47 bits per heavy atom. The van der Waals surface area contributed by atoms with Gasteiger partial charge in [-0.15, -0.1) is 0 Å². The summed E-state index contributed by atoms with van der Waals surface area (Å²) in [6, 6.07) is -3.83. The molecule has 0 aliphatic carbocycles. The molecule has 0 saturated heterocycles. The Balaban J connectivity index is 4.78. The Kier molecular flexibility index (Phi) is 12.1. The predicted octanol–water partition coefficient (Wildman–Crippen LogP) is -2.01. The number of amides is 3. The first kappa shape index (κ1) is 27.1. The van der Waals surface area contributed by atoms with E-state index in [-0.39, 0.29) is 11.9 Å². The normalized spacial score (nSPS) is 14.7. The largest absolute Gasteiger partial charge is 0.480 e. The second kappa shape index (κ2) is 13.4. The molecule has 0 aliphatic rings. The third-order valence-electron chi connectivity index (χ3n) is 4.13. The van der Waals surface area contributed by atoms with E-state index in [1.807, 2.05) is 13.8 Å². The van der Waals surface area contributed by atoms with E-state index in [0.29, 0.717) is 25.8 Å². The number of nitrogens with two attached hydrogens (primary N) is 3. The summed E-state index contributed by atoms with van der Waals surface area (Å²) in [4.78, 5) is 51.7. The minimum absolute atomic E-state index is 0.0453. The van der Waals surface area contributed by atoms with Gasteiger partial charge in [0, 0.05) is 6.54 Å². The number of carboxylic acid groups (broad SMARTS) is 1. The summed E-state index contributed by atoms with van der Waals surface area (Å²) in [5.74, 6) is -2.89. The van der Waals surface area contributed by atoms with Crippen molar-refractivity contribution < 1.29 is 24.3 Å². The van der Waals surface area contributed by atoms with Crippen molar-refractivity contribution in [1.29, 1.82) is 0 Å². The smallest absolute Gasteiger partial charge is 0.325 e. The van der Waals surface area contributed by atoms with Crippen LogP contribution in [0.1, 0.15) is 47.0 Å². The molecular formula is C18H35N7O5. The average molecular weight is 430 g/mol. The van der Waals surface area contributed by atoms with E-state index in [0.717, 1.165) is 0 Å². The summed E-state index contributed by atoms with van der Waals surface area (Å²) in [7, 11) is 0. The Bertz CT molecular complexity index is 634. The minimum atomic E-state index is -1.19. The quantitative estimate of drug-likeness (QED) is 0.0983. The highest BCUT2D eigenvalue weighted by Crippen LogP contribution is 2.06. The van der Waals surface area contributed by atoms with Crippen LogP contribution in [0.4, 0.5) is 0 Å². The summed E-state index contributed by atoms with van der Waals surface area (Å²) in [5, 5.41) is 16.3. The van der Waals surface area contributed by atoms with Gasteiger partial charge in [0.25, 0.3) is 0 Å². The van der Waals surface area contributed by atoms with Gasteiger partial charge >= 0.3 is 5.97 Å². The molecule has 0 aromatic carbocycles. The number of carbonyl (C=O) groups is 4. The highest BCUT2D eigenvalue weighted by molar-refractivity contribution is 5.93. The lowest BCUT2D eigenvalue weighted by Gasteiger charge is -2.24. The van der Waals surface area contributed by atoms with E-state index in [9.17, 15) is 19.2 Å². The molecule has 4 atom stereocenters. The lowest BCUT2D eigenvalue weighted by molar-refractivity contribution is -0.141. The Morgan fingerprint density at radius 3 is 1.97 bits per heavy atom. The highest BCUT2D eigenvalue weighted by Gasteiger charge is 2.27. The van der Waals surface area contributed by atoms with E-state index in [2.05, 4.69) is 20.9 Å². The third kappa shape index (κ3) is 11.2. The van der Waals surface area contributed by atoms with Crippen LogP contribution in [-0.4, -0.2) is 65.5 Å². The number of guanidine groups is 1. The molecule has 0 saturated carbocycles. The van der Waals surface area contributed by atoms with Crippen molar-refractivity contribution >= 4 is 29.7 Å². The monoisotopic (exact) mass is 429 g/mol. The maximum Gasteiger partial charge on any atom is 0.325 e. The number of aliphatic imine (C=N–C) groups is 1. The fraction of sp³-hybridized carbons (Fsp3) is 0.722. The van der Waals surface area contributed by atoms with E-state index in [4.69, 9.17) is 22.3 Å². The molecule has 0 radical (unpaired) electrons. The zero-order valence-electron chi connectivity index (χ0n) is 18.0. The molecule has 12 nitrogen and oxygen atoms in total. The van der Waals surface area contributed by atoms with Crippen LogP contribution in [0.2, 0.25) is 0 Å². The van der Waals surface area contributed by atoms with Gasteiger partial charge in [0.2, 0.25) is 17.7 Å². The van der Waals surface area contributed by atoms with Crippen LogP contribution in [0.15, 0.2) is 4.99 Å². The number of hydrogen-bond donors (Lipinski definition) is 7. The first-order valence-electron chi connectivity index (χ1n) is 9.80. The lowest BCUT2D eigenvalue weighted by Crippen LogP contribution is -2.56. The Hall–Kier alpha value is -2.89. The van der Waals surface area contributed by atoms with Gasteiger partial charge in [-0.05, 0) is 39.0 Å². The van der Waals surface area contributed by atoms with Crippen LogP contribution in [-0.2, 0) is 19.2 Å². The number of nitrogens with one attached hydrogen (secondary N) is 3. The van der Waals surface area contributed by atoms with Crippen molar-refractivity contribution in [1.82, 2.24) is 16.0 Å². The second-order valence-corrected chi connectivity index (χ2v) is 7.54. The fourth-order valence-corrected chi connectivity index (χ4v) is 2.41. The molecule has 172 valence electrons. The van der Waals surface area contributed by atoms with E-state index < -0.39 is 47.9 Å². The van der Waals surface area contributed by atoms with Gasteiger partial charge < -0.3 is 38.3 Å². The molecule has 0 rings (SSSR count). The standard InChI is InChI=1S/C18H35N7O5/c1-9(2)8-13(16(28)24-11(4)17(29)30)25-14(26)10(3)23-15(27)12(19)6-5-7-22-18(20)21/h9-13H,5-8,19H2,1-4H3,(H,23,27)(H,24,28)(H,25,26)(H,29,30)(H4,20,21,22). The molecule has 0 bridgehead atoms. The SMILES string of the molecule is CC(C)CC(NC(=O)C(C)NC(=O)C(N)CCCN=C(N)N)C(=O)NC(C)C(=O)O. The average Bonchev–Trinajstić information content (AvgIpc) is 2.63. The van der Waals surface area contributed by atoms with Gasteiger partial charge in [-0.25, -0.2) is 0 Å². The van der Waals surface area contributed by atoms with Crippen molar-refractivity contribution in [3.05, 3.63) is 0 Å². The molecule has 12 heteroatoms. The highest BCUT2D eigenvalue weighted by atomic mass is 16.4. The van der Waals surface area contributed by atoms with Crippen molar-refractivity contribution in [3.63, 3.8) is 0 Å². The molecular weight excluding hydrogens is 394 g/mol. The fourth-order valence-electron chi connectivity index (χ4n) is 2.41. The van der Waals surface area contributed by atoms with Crippen LogP contribution in [0, 0.1) is 5.92 Å². The summed E-state index contributed by atoms with van der Waals surface area (Å²) in [5.41, 5.74) is 16.2. The molecule has 3 amide bonds. The molecule has 0 aromatic heterocycles. The molecule has 30 heavy (non-hydrogen) atoms. The number of nitrogens with zero attached hydrogens (tertiary/aromatic N) is 1. The van der Waals surface area contributed by atoms with Crippen molar-refractivity contribution in [2.75, 3.05) is 6.54 Å². The van der Waals surface area contributed by atoms with Crippen molar-refractivity contribution in [2.45, 2.75) is 71.1 Å². The van der Waals surface area contributed by atoms with Gasteiger partial charge in [-0.1, -0.05) is 13.8 Å². The van der Waals surface area contributed by atoms with Gasteiger partial charge in [-0.2, -0.15) is 0 Å². The Labute approximate surface area is 176 Å². The Morgan fingerprint density at radius 1 is 0.900 bits per heavy atom. The van der Waals surface area contributed by atoms with Crippen LogP contribution < -0.4 is 33.2 Å². The first-order chi connectivity index (χ1) is 13.8. The van der Waals surface area contributed by atoms with Gasteiger partial charge in [0.1, 0.15) is 18.1 Å². The van der Waals surface area contributed by atoms with Crippen LogP contribution >= 0.6 is 0 Å². The van der Waals surface area contributed by atoms with E-state index in [1.54, 1.807) is 0 Å². The summed E-state index contributed by atoms with van der Waals surface area (Å²) in [6.07, 6.45) is 1.11. The van der Waals surface area contributed by atoms with Crippen LogP contribution in [0.25, 0.3) is 0 Å². The van der Waals surface area contributed by atoms with Crippen molar-refractivity contribution in [3.8, 4) is 0 Å². The van der Waals surface area contributed by atoms with Gasteiger partial charge in [0.15, 0.2) is 5.96 Å².